The second kappa shape index (κ2) is 6.23. The van der Waals surface area contributed by atoms with Crippen LogP contribution in [0.25, 0.3) is 0 Å². The lowest BCUT2D eigenvalue weighted by Gasteiger charge is -2.40. The predicted molar refractivity (Wildman–Crippen MR) is 74.0 cm³/mol. The van der Waals surface area contributed by atoms with E-state index in [2.05, 4.69) is 4.90 Å². The first-order chi connectivity index (χ1) is 9.36. The molecule has 0 aromatic heterocycles. The highest BCUT2D eigenvalue weighted by molar-refractivity contribution is 5.79. The quantitative estimate of drug-likeness (QED) is 0.759. The molecule has 3 aliphatic rings. The summed E-state index contributed by atoms with van der Waals surface area (Å²) in [6.07, 6.45) is 7.47. The molecule has 2 heterocycles. The number of hydrogen-bond donors (Lipinski definition) is 0. The molecule has 0 unspecified atom stereocenters. The van der Waals surface area contributed by atoms with Crippen LogP contribution in [0.4, 0.5) is 0 Å². The molecule has 2 aliphatic heterocycles. The van der Waals surface area contributed by atoms with Gasteiger partial charge in [0.2, 0.25) is 5.91 Å². The number of ether oxygens (including phenoxy) is 1. The number of amides is 1. The molecule has 4 nitrogen and oxygen atoms in total. The molecular formula is C15H26N2O2. The van der Waals surface area contributed by atoms with Crippen LogP contribution in [0, 0.1) is 5.92 Å². The van der Waals surface area contributed by atoms with Crippen molar-refractivity contribution in [3.8, 4) is 0 Å². The van der Waals surface area contributed by atoms with Gasteiger partial charge in [-0.25, -0.2) is 0 Å². The van der Waals surface area contributed by atoms with E-state index in [1.807, 2.05) is 4.90 Å². The van der Waals surface area contributed by atoms with E-state index in [1.54, 1.807) is 0 Å². The minimum absolute atomic E-state index is 0.255. The maximum atomic E-state index is 12.8. The number of carbonyl (C=O) groups is 1. The Kier molecular flexibility index (Phi) is 4.38. The van der Waals surface area contributed by atoms with Gasteiger partial charge in [-0.1, -0.05) is 12.8 Å². The third kappa shape index (κ3) is 2.95. The molecule has 1 saturated carbocycles. The summed E-state index contributed by atoms with van der Waals surface area (Å²) in [4.78, 5) is 17.4. The van der Waals surface area contributed by atoms with Crippen LogP contribution >= 0.6 is 0 Å². The molecule has 1 amide bonds. The van der Waals surface area contributed by atoms with Gasteiger partial charge in [-0.3, -0.25) is 9.69 Å². The van der Waals surface area contributed by atoms with Crippen molar-refractivity contribution in [2.75, 3.05) is 39.4 Å². The first kappa shape index (κ1) is 13.4. The van der Waals surface area contributed by atoms with Crippen molar-refractivity contribution in [2.24, 2.45) is 5.92 Å². The van der Waals surface area contributed by atoms with Crippen molar-refractivity contribution in [3.05, 3.63) is 0 Å². The summed E-state index contributed by atoms with van der Waals surface area (Å²) in [5.74, 6) is 0.657. The lowest BCUT2D eigenvalue weighted by atomic mass is 9.82. The summed E-state index contributed by atoms with van der Waals surface area (Å²) in [6.45, 7) is 5.43. The van der Waals surface area contributed by atoms with E-state index in [9.17, 15) is 4.79 Å². The van der Waals surface area contributed by atoms with Gasteiger partial charge in [0, 0.05) is 19.1 Å². The van der Waals surface area contributed by atoms with E-state index >= 15 is 0 Å². The maximum absolute atomic E-state index is 12.8. The van der Waals surface area contributed by atoms with E-state index in [-0.39, 0.29) is 5.92 Å². The first-order valence-corrected chi connectivity index (χ1v) is 7.97. The van der Waals surface area contributed by atoms with Crippen molar-refractivity contribution < 1.29 is 9.53 Å². The van der Waals surface area contributed by atoms with Crippen LogP contribution < -0.4 is 0 Å². The molecule has 0 spiro atoms. The largest absolute Gasteiger partial charge is 0.378 e. The molecule has 2 atom stereocenters. The summed E-state index contributed by atoms with van der Waals surface area (Å²) in [7, 11) is 0. The van der Waals surface area contributed by atoms with Crippen LogP contribution in [0.1, 0.15) is 38.5 Å². The van der Waals surface area contributed by atoms with Crippen molar-refractivity contribution in [2.45, 2.75) is 44.6 Å². The van der Waals surface area contributed by atoms with Crippen molar-refractivity contribution in [1.29, 1.82) is 0 Å². The zero-order valence-electron chi connectivity index (χ0n) is 11.9. The van der Waals surface area contributed by atoms with Crippen molar-refractivity contribution in [3.63, 3.8) is 0 Å². The van der Waals surface area contributed by atoms with Gasteiger partial charge < -0.3 is 9.64 Å². The molecule has 108 valence electrons. The molecule has 3 rings (SSSR count). The number of hydrogen-bond acceptors (Lipinski definition) is 3. The Labute approximate surface area is 116 Å². The molecule has 0 N–H and O–H groups in total. The molecule has 0 bridgehead atoms. The highest BCUT2D eigenvalue weighted by Gasteiger charge is 2.37. The van der Waals surface area contributed by atoms with Gasteiger partial charge in [-0.2, -0.15) is 0 Å². The van der Waals surface area contributed by atoms with Crippen LogP contribution in [0.5, 0.6) is 0 Å². The molecule has 2 saturated heterocycles. The summed E-state index contributed by atoms with van der Waals surface area (Å²) in [5.41, 5.74) is 0. The molecule has 0 radical (unpaired) electrons. The summed E-state index contributed by atoms with van der Waals surface area (Å²) >= 11 is 0. The van der Waals surface area contributed by atoms with Crippen LogP contribution in [0.3, 0.4) is 0 Å². The van der Waals surface area contributed by atoms with Gasteiger partial charge in [-0.15, -0.1) is 0 Å². The molecule has 0 aromatic carbocycles. The van der Waals surface area contributed by atoms with Gasteiger partial charge in [0.15, 0.2) is 0 Å². The lowest BCUT2D eigenvalue weighted by molar-refractivity contribution is -0.143. The average Bonchev–Trinajstić information content (AvgIpc) is 3.01. The standard InChI is InChI=1S/C15H26N2O2/c18-15(17-9-11-19-12-10-17)13-5-1-2-6-14(13)16-7-3-4-8-16/h13-14H,1-12H2/t13-,14-/m0/s1. The van der Waals surface area contributed by atoms with Gasteiger partial charge in [0.1, 0.15) is 0 Å². The first-order valence-electron chi connectivity index (χ1n) is 7.97. The van der Waals surface area contributed by atoms with Crippen LogP contribution in [-0.2, 0) is 9.53 Å². The number of likely N-dealkylation sites (tertiary alicyclic amines) is 1. The number of morpholine rings is 1. The second-order valence-electron chi connectivity index (χ2n) is 6.14. The van der Waals surface area contributed by atoms with Gasteiger partial charge in [0.25, 0.3) is 0 Å². The lowest BCUT2D eigenvalue weighted by Crippen LogP contribution is -2.51. The minimum atomic E-state index is 0.255. The molecule has 4 heteroatoms. The van der Waals surface area contributed by atoms with Crippen LogP contribution in [0.2, 0.25) is 0 Å². The normalized spacial score (nSPS) is 33.6. The molecule has 1 aliphatic carbocycles. The van der Waals surface area contributed by atoms with E-state index < -0.39 is 0 Å². The molecule has 19 heavy (non-hydrogen) atoms. The molecular weight excluding hydrogens is 240 g/mol. The number of rotatable bonds is 2. The van der Waals surface area contributed by atoms with Crippen molar-refractivity contribution >= 4 is 5.91 Å². The highest BCUT2D eigenvalue weighted by atomic mass is 16.5. The monoisotopic (exact) mass is 266 g/mol. The fourth-order valence-corrected chi connectivity index (χ4v) is 3.93. The topological polar surface area (TPSA) is 32.8 Å². The molecule has 3 fully saturated rings. The summed E-state index contributed by atoms with van der Waals surface area (Å²) in [5, 5.41) is 0. The van der Waals surface area contributed by atoms with Crippen molar-refractivity contribution in [1.82, 2.24) is 9.80 Å². The average molecular weight is 266 g/mol. The SMILES string of the molecule is O=C([C@H]1CCCC[C@@H]1N1CCCC1)N1CCOCC1. The fourth-order valence-electron chi connectivity index (χ4n) is 3.93. The van der Waals surface area contributed by atoms with E-state index in [1.165, 1.54) is 45.2 Å². The van der Waals surface area contributed by atoms with E-state index in [0.29, 0.717) is 25.2 Å². The van der Waals surface area contributed by atoms with Gasteiger partial charge in [0.05, 0.1) is 19.1 Å². The smallest absolute Gasteiger partial charge is 0.227 e. The Hall–Kier alpha value is -0.610. The third-order valence-electron chi connectivity index (χ3n) is 4.98. The summed E-state index contributed by atoms with van der Waals surface area (Å²) in [6, 6.07) is 0.520. The van der Waals surface area contributed by atoms with Crippen LogP contribution in [-0.4, -0.2) is 61.1 Å². The molecule has 0 aromatic rings. The van der Waals surface area contributed by atoms with Crippen LogP contribution in [0.15, 0.2) is 0 Å². The van der Waals surface area contributed by atoms with E-state index in [0.717, 1.165) is 19.5 Å². The Balaban J connectivity index is 1.66. The minimum Gasteiger partial charge on any atom is -0.378 e. The van der Waals surface area contributed by atoms with Gasteiger partial charge in [-0.05, 0) is 38.8 Å². The Morgan fingerprint density at radius 2 is 1.58 bits per heavy atom. The highest BCUT2D eigenvalue weighted by Crippen LogP contribution is 2.32. The zero-order chi connectivity index (χ0) is 13.1. The number of nitrogens with zero attached hydrogens (tertiary/aromatic N) is 2. The number of carbonyl (C=O) groups excluding carboxylic acids is 1. The van der Waals surface area contributed by atoms with E-state index in [4.69, 9.17) is 4.74 Å². The Morgan fingerprint density at radius 3 is 2.32 bits per heavy atom. The third-order valence-corrected chi connectivity index (χ3v) is 4.98. The summed E-state index contributed by atoms with van der Waals surface area (Å²) < 4.78 is 5.36. The maximum Gasteiger partial charge on any atom is 0.227 e. The zero-order valence-corrected chi connectivity index (χ0v) is 11.9. The predicted octanol–water partition coefficient (Wildman–Crippen LogP) is 1.50. The van der Waals surface area contributed by atoms with Gasteiger partial charge >= 0.3 is 0 Å². The fraction of sp³-hybridized carbons (Fsp3) is 0.933. The Morgan fingerprint density at radius 1 is 0.895 bits per heavy atom. The second-order valence-corrected chi connectivity index (χ2v) is 6.14. The Bertz CT molecular complexity index is 309.